The summed E-state index contributed by atoms with van der Waals surface area (Å²) in [6.07, 6.45) is 0.590. The molecule has 1 unspecified atom stereocenters. The van der Waals surface area contributed by atoms with Crippen molar-refractivity contribution < 1.29 is 23.5 Å². The molecule has 0 aromatic carbocycles. The van der Waals surface area contributed by atoms with E-state index < -0.39 is 23.6 Å². The first kappa shape index (κ1) is 16.1. The van der Waals surface area contributed by atoms with Gasteiger partial charge in [0.05, 0.1) is 17.2 Å². The van der Waals surface area contributed by atoms with Crippen LogP contribution in [0.4, 0.5) is 0 Å². The number of aromatic nitrogens is 1. The van der Waals surface area contributed by atoms with Gasteiger partial charge in [0, 0.05) is 18.1 Å². The number of H-pyrrole nitrogens is 1. The molecule has 2 aromatic heterocycles. The molecule has 0 aliphatic heterocycles. The van der Waals surface area contributed by atoms with Gasteiger partial charge in [-0.15, -0.1) is 0 Å². The van der Waals surface area contributed by atoms with E-state index in [4.69, 9.17) is 13.9 Å². The Morgan fingerprint density at radius 3 is 2.45 bits per heavy atom. The third-order valence-electron chi connectivity index (χ3n) is 3.06. The number of carbonyl (C=O) groups is 2. The molecule has 22 heavy (non-hydrogen) atoms. The first-order valence-corrected chi connectivity index (χ1v) is 7.17. The minimum atomic E-state index is -0.936. The second-order valence-electron chi connectivity index (χ2n) is 6.55. The molecule has 120 valence electrons. The van der Waals surface area contributed by atoms with Crippen LogP contribution in [0, 0.1) is 11.3 Å². The molecule has 0 bridgehead atoms. The van der Waals surface area contributed by atoms with Gasteiger partial charge >= 0.3 is 11.9 Å². The SMILES string of the molecule is CC(C)C(OC(=O)c1cc2occc2[nH]1)OC(=O)C(C)(C)C. The summed E-state index contributed by atoms with van der Waals surface area (Å²) in [4.78, 5) is 27.0. The maximum absolute atomic E-state index is 12.2. The molecule has 0 saturated heterocycles. The first-order chi connectivity index (χ1) is 10.2. The molecule has 2 rings (SSSR count). The van der Waals surface area contributed by atoms with Gasteiger partial charge in [-0.05, 0) is 20.8 Å². The van der Waals surface area contributed by atoms with E-state index in [2.05, 4.69) is 4.98 Å². The minimum Gasteiger partial charge on any atom is -0.463 e. The van der Waals surface area contributed by atoms with E-state index in [-0.39, 0.29) is 11.6 Å². The van der Waals surface area contributed by atoms with Crippen molar-refractivity contribution in [3.05, 3.63) is 24.1 Å². The number of furan rings is 1. The van der Waals surface area contributed by atoms with Gasteiger partial charge in [0.2, 0.25) is 6.29 Å². The molecule has 1 atom stereocenters. The lowest BCUT2D eigenvalue weighted by Gasteiger charge is -2.25. The summed E-state index contributed by atoms with van der Waals surface area (Å²) < 4.78 is 15.8. The number of hydrogen-bond donors (Lipinski definition) is 1. The highest BCUT2D eigenvalue weighted by Crippen LogP contribution is 2.21. The van der Waals surface area contributed by atoms with E-state index in [1.165, 1.54) is 6.26 Å². The minimum absolute atomic E-state index is 0.159. The Bertz CT molecular complexity index is 646. The van der Waals surface area contributed by atoms with Gasteiger partial charge < -0.3 is 18.9 Å². The van der Waals surface area contributed by atoms with Crippen molar-refractivity contribution >= 4 is 23.0 Å². The van der Waals surface area contributed by atoms with Gasteiger partial charge in [-0.1, -0.05) is 13.8 Å². The van der Waals surface area contributed by atoms with E-state index >= 15 is 0 Å². The highest BCUT2D eigenvalue weighted by Gasteiger charge is 2.30. The number of hydrogen-bond acceptors (Lipinski definition) is 5. The van der Waals surface area contributed by atoms with Gasteiger partial charge in [-0.2, -0.15) is 0 Å². The zero-order chi connectivity index (χ0) is 16.5. The summed E-state index contributed by atoms with van der Waals surface area (Å²) in [6, 6.07) is 3.27. The fourth-order valence-electron chi connectivity index (χ4n) is 1.71. The van der Waals surface area contributed by atoms with Crippen LogP contribution in [-0.4, -0.2) is 23.2 Å². The van der Waals surface area contributed by atoms with Crippen LogP contribution in [0.2, 0.25) is 0 Å². The summed E-state index contributed by atoms with van der Waals surface area (Å²) in [7, 11) is 0. The Labute approximate surface area is 128 Å². The van der Waals surface area contributed by atoms with Gasteiger partial charge in [-0.3, -0.25) is 4.79 Å². The molecule has 6 nitrogen and oxygen atoms in total. The predicted octanol–water partition coefficient (Wildman–Crippen LogP) is 3.49. The molecule has 1 N–H and O–H groups in total. The Morgan fingerprint density at radius 2 is 1.91 bits per heavy atom. The maximum Gasteiger partial charge on any atom is 0.357 e. The molecule has 6 heteroatoms. The summed E-state index contributed by atoms with van der Waals surface area (Å²) in [5.41, 5.74) is 0.873. The molecule has 2 aromatic rings. The number of nitrogens with one attached hydrogen (secondary N) is 1. The smallest absolute Gasteiger partial charge is 0.357 e. The van der Waals surface area contributed by atoms with Crippen molar-refractivity contribution in [1.29, 1.82) is 0 Å². The van der Waals surface area contributed by atoms with Crippen molar-refractivity contribution in [3.8, 4) is 0 Å². The summed E-state index contributed by atoms with van der Waals surface area (Å²) in [6.45, 7) is 8.86. The number of rotatable bonds is 4. The quantitative estimate of drug-likeness (QED) is 0.690. The standard InChI is InChI=1S/C16H21NO5/c1-9(2)14(22-15(19)16(3,4)5)21-13(18)11-8-12-10(17-11)6-7-20-12/h6-9,14,17H,1-5H3. The maximum atomic E-state index is 12.2. The van der Waals surface area contributed by atoms with Gasteiger partial charge in [-0.25, -0.2) is 4.79 Å². The number of fused-ring (bicyclic) bond motifs is 1. The van der Waals surface area contributed by atoms with Crippen LogP contribution in [0.3, 0.4) is 0 Å². The number of carbonyl (C=O) groups excluding carboxylic acids is 2. The lowest BCUT2D eigenvalue weighted by molar-refractivity contribution is -0.184. The fourth-order valence-corrected chi connectivity index (χ4v) is 1.71. The zero-order valence-electron chi connectivity index (χ0n) is 13.4. The van der Waals surface area contributed by atoms with Crippen LogP contribution in [0.15, 0.2) is 22.8 Å². The molecule has 0 saturated carbocycles. The Balaban J connectivity index is 2.08. The van der Waals surface area contributed by atoms with E-state index in [1.54, 1.807) is 32.9 Å². The van der Waals surface area contributed by atoms with Crippen molar-refractivity contribution in [1.82, 2.24) is 4.98 Å². The summed E-state index contributed by atoms with van der Waals surface area (Å²) >= 11 is 0. The van der Waals surface area contributed by atoms with Gasteiger partial charge in [0.1, 0.15) is 5.69 Å². The molecule has 0 aliphatic rings. The molecular weight excluding hydrogens is 286 g/mol. The second-order valence-corrected chi connectivity index (χ2v) is 6.55. The molecule has 0 spiro atoms. The Morgan fingerprint density at radius 1 is 1.23 bits per heavy atom. The third kappa shape index (κ3) is 3.50. The van der Waals surface area contributed by atoms with Crippen molar-refractivity contribution in [2.75, 3.05) is 0 Å². The van der Waals surface area contributed by atoms with E-state index in [0.717, 1.165) is 0 Å². The average molecular weight is 307 g/mol. The van der Waals surface area contributed by atoms with Crippen LogP contribution in [-0.2, 0) is 14.3 Å². The molecule has 0 aliphatic carbocycles. The monoisotopic (exact) mass is 307 g/mol. The third-order valence-corrected chi connectivity index (χ3v) is 3.06. The molecule has 0 fully saturated rings. The number of esters is 2. The van der Waals surface area contributed by atoms with Crippen molar-refractivity contribution in [2.45, 2.75) is 40.9 Å². The summed E-state index contributed by atoms with van der Waals surface area (Å²) in [5, 5.41) is 0. The van der Waals surface area contributed by atoms with E-state index in [1.807, 2.05) is 13.8 Å². The Hall–Kier alpha value is -2.24. The van der Waals surface area contributed by atoms with Crippen molar-refractivity contribution in [3.63, 3.8) is 0 Å². The highest BCUT2D eigenvalue weighted by molar-refractivity contribution is 5.93. The number of aromatic amines is 1. The second kappa shape index (κ2) is 5.87. The van der Waals surface area contributed by atoms with E-state index in [0.29, 0.717) is 11.1 Å². The van der Waals surface area contributed by atoms with Crippen LogP contribution in [0.1, 0.15) is 45.1 Å². The lowest BCUT2D eigenvalue weighted by atomic mass is 9.97. The van der Waals surface area contributed by atoms with Crippen molar-refractivity contribution in [2.24, 2.45) is 11.3 Å². The van der Waals surface area contributed by atoms with Crippen LogP contribution in [0.25, 0.3) is 11.1 Å². The Kier molecular flexibility index (Phi) is 4.30. The molecule has 0 radical (unpaired) electrons. The van der Waals surface area contributed by atoms with Crippen LogP contribution in [0.5, 0.6) is 0 Å². The van der Waals surface area contributed by atoms with Gasteiger partial charge in [0.25, 0.3) is 0 Å². The molecule has 0 amide bonds. The topological polar surface area (TPSA) is 81.5 Å². The van der Waals surface area contributed by atoms with Gasteiger partial charge in [0.15, 0.2) is 5.58 Å². The number of ether oxygens (including phenoxy) is 2. The summed E-state index contributed by atoms with van der Waals surface area (Å²) in [5.74, 6) is -1.17. The van der Waals surface area contributed by atoms with E-state index in [9.17, 15) is 9.59 Å². The highest BCUT2D eigenvalue weighted by atomic mass is 16.7. The van der Waals surface area contributed by atoms with Crippen LogP contribution >= 0.6 is 0 Å². The lowest BCUT2D eigenvalue weighted by Crippen LogP contribution is -2.34. The average Bonchev–Trinajstić information content (AvgIpc) is 2.96. The largest absolute Gasteiger partial charge is 0.463 e. The predicted molar refractivity (Wildman–Crippen MR) is 80.2 cm³/mol. The fraction of sp³-hybridized carbons (Fsp3) is 0.500. The van der Waals surface area contributed by atoms with Crippen LogP contribution < -0.4 is 0 Å². The normalized spacial score (nSPS) is 13.4. The molecule has 2 heterocycles. The zero-order valence-corrected chi connectivity index (χ0v) is 13.4. The first-order valence-electron chi connectivity index (χ1n) is 7.17. The molecular formula is C16H21NO5.